The summed E-state index contributed by atoms with van der Waals surface area (Å²) in [6.07, 6.45) is -0.643. The smallest absolute Gasteiger partial charge is 0.251 e. The summed E-state index contributed by atoms with van der Waals surface area (Å²) in [5.41, 5.74) is 2.57. The molecule has 4 rings (SSSR count). The average Bonchev–Trinajstić information content (AvgIpc) is 2.75. The second-order valence-electron chi connectivity index (χ2n) is 7.97. The van der Waals surface area contributed by atoms with Crippen molar-refractivity contribution in [2.45, 2.75) is 37.5 Å². The van der Waals surface area contributed by atoms with E-state index in [2.05, 4.69) is 10.6 Å². The number of rotatable bonds is 5. The molecule has 0 aromatic heterocycles. The monoisotopic (exact) mass is 469 g/mol. The van der Waals surface area contributed by atoms with Crippen LogP contribution in [0, 0.1) is 0 Å². The van der Waals surface area contributed by atoms with Gasteiger partial charge >= 0.3 is 0 Å². The fourth-order valence-electron chi connectivity index (χ4n) is 3.70. The van der Waals surface area contributed by atoms with Gasteiger partial charge in [-0.1, -0.05) is 48.0 Å². The van der Waals surface area contributed by atoms with Gasteiger partial charge in [0, 0.05) is 23.2 Å². The Bertz CT molecular complexity index is 1240. The highest BCUT2D eigenvalue weighted by molar-refractivity contribution is 7.89. The van der Waals surface area contributed by atoms with Gasteiger partial charge in [-0.3, -0.25) is 4.79 Å². The fourth-order valence-corrected chi connectivity index (χ4v) is 5.59. The van der Waals surface area contributed by atoms with Gasteiger partial charge in [0.15, 0.2) is 0 Å². The van der Waals surface area contributed by atoms with Crippen molar-refractivity contribution in [3.05, 3.63) is 94.5 Å². The van der Waals surface area contributed by atoms with Gasteiger partial charge in [-0.15, -0.1) is 0 Å². The molecule has 0 aliphatic carbocycles. The lowest BCUT2D eigenvalue weighted by Crippen LogP contribution is -2.42. The Morgan fingerprint density at radius 2 is 1.78 bits per heavy atom. The van der Waals surface area contributed by atoms with Gasteiger partial charge in [0.25, 0.3) is 5.91 Å². The average molecular weight is 470 g/mol. The number of carbonyl (C=O) groups excluding carboxylic acids is 1. The molecule has 0 radical (unpaired) electrons. The zero-order valence-corrected chi connectivity index (χ0v) is 19.3. The van der Waals surface area contributed by atoms with Crippen molar-refractivity contribution in [3.63, 3.8) is 0 Å². The number of anilines is 1. The molecule has 32 heavy (non-hydrogen) atoms. The number of amides is 1. The summed E-state index contributed by atoms with van der Waals surface area (Å²) in [6.45, 7) is 3.94. The Hall–Kier alpha value is -2.87. The first-order valence-corrected chi connectivity index (χ1v) is 12.1. The molecule has 0 spiro atoms. The SMILES string of the molecule is CC(C)NC(=O)c1ccc(C2Nc3ccccc3S(=O)(=O)N2Cc2cccc(Cl)c2)cc1. The fraction of sp³-hybridized carbons (Fsp3) is 0.208. The van der Waals surface area contributed by atoms with Crippen LogP contribution in [0.2, 0.25) is 5.02 Å². The van der Waals surface area contributed by atoms with Gasteiger partial charge in [0.1, 0.15) is 11.1 Å². The van der Waals surface area contributed by atoms with Gasteiger partial charge in [-0.05, 0) is 61.4 Å². The molecule has 0 bridgehead atoms. The van der Waals surface area contributed by atoms with E-state index in [4.69, 9.17) is 11.6 Å². The lowest BCUT2D eigenvalue weighted by Gasteiger charge is -2.37. The summed E-state index contributed by atoms with van der Waals surface area (Å²) in [5.74, 6) is -0.170. The first-order valence-electron chi connectivity index (χ1n) is 10.3. The molecule has 0 fully saturated rings. The standard InChI is InChI=1S/C24H24ClN3O3S/c1-16(2)26-24(29)19-12-10-18(11-13-19)23-27-21-8-3-4-9-22(21)32(30,31)28(23)15-17-6-5-7-20(25)14-17/h3-14,16,23,27H,15H2,1-2H3,(H,26,29). The van der Waals surface area contributed by atoms with Crippen molar-refractivity contribution in [1.82, 2.24) is 9.62 Å². The third kappa shape index (κ3) is 4.50. The van der Waals surface area contributed by atoms with Crippen molar-refractivity contribution in [1.29, 1.82) is 0 Å². The van der Waals surface area contributed by atoms with E-state index in [0.29, 0.717) is 16.3 Å². The summed E-state index contributed by atoms with van der Waals surface area (Å²) >= 11 is 6.13. The molecule has 1 heterocycles. The van der Waals surface area contributed by atoms with Crippen molar-refractivity contribution in [2.24, 2.45) is 0 Å². The minimum absolute atomic E-state index is 0.0250. The molecule has 0 saturated carbocycles. The molecule has 3 aromatic rings. The number of hydrogen-bond acceptors (Lipinski definition) is 4. The molecule has 1 unspecified atom stereocenters. The number of nitrogens with zero attached hydrogens (tertiary/aromatic N) is 1. The molecule has 1 atom stereocenters. The maximum absolute atomic E-state index is 13.6. The van der Waals surface area contributed by atoms with Crippen LogP contribution in [-0.4, -0.2) is 24.7 Å². The third-order valence-corrected chi connectivity index (χ3v) is 7.29. The summed E-state index contributed by atoms with van der Waals surface area (Å²) in [6, 6.07) is 21.0. The molecule has 1 amide bonds. The number of hydrogen-bond donors (Lipinski definition) is 2. The molecule has 2 N–H and O–H groups in total. The molecule has 1 aliphatic heterocycles. The van der Waals surface area contributed by atoms with E-state index in [1.54, 1.807) is 66.7 Å². The third-order valence-electron chi connectivity index (χ3n) is 5.19. The molecule has 3 aromatic carbocycles. The van der Waals surface area contributed by atoms with Crippen molar-refractivity contribution in [3.8, 4) is 0 Å². The van der Waals surface area contributed by atoms with E-state index in [1.165, 1.54) is 4.31 Å². The highest BCUT2D eigenvalue weighted by Crippen LogP contribution is 2.39. The zero-order valence-electron chi connectivity index (χ0n) is 17.7. The highest BCUT2D eigenvalue weighted by atomic mass is 35.5. The van der Waals surface area contributed by atoms with E-state index in [9.17, 15) is 13.2 Å². The largest absolute Gasteiger partial charge is 0.364 e. The van der Waals surface area contributed by atoms with Crippen molar-refractivity contribution >= 4 is 33.2 Å². The summed E-state index contributed by atoms with van der Waals surface area (Å²) in [4.78, 5) is 12.5. The molecule has 8 heteroatoms. The molecular weight excluding hydrogens is 446 g/mol. The first-order chi connectivity index (χ1) is 15.3. The number of para-hydroxylation sites is 1. The predicted molar refractivity (Wildman–Crippen MR) is 126 cm³/mol. The quantitative estimate of drug-likeness (QED) is 0.563. The normalized spacial score (nSPS) is 17.4. The molecule has 1 aliphatic rings. The van der Waals surface area contributed by atoms with E-state index in [0.717, 1.165) is 11.1 Å². The first kappa shape index (κ1) is 22.3. The minimum Gasteiger partial charge on any atom is -0.364 e. The second-order valence-corrected chi connectivity index (χ2v) is 10.3. The van der Waals surface area contributed by atoms with Crippen LogP contribution >= 0.6 is 11.6 Å². The molecule has 166 valence electrons. The van der Waals surface area contributed by atoms with E-state index >= 15 is 0 Å². The van der Waals surface area contributed by atoms with Gasteiger partial charge in [0.2, 0.25) is 10.0 Å². The van der Waals surface area contributed by atoms with Crippen molar-refractivity contribution in [2.75, 3.05) is 5.32 Å². The number of carbonyl (C=O) groups is 1. The predicted octanol–water partition coefficient (Wildman–Crippen LogP) is 4.79. The number of sulfonamides is 1. The number of benzene rings is 3. The lowest BCUT2D eigenvalue weighted by molar-refractivity contribution is 0.0943. The van der Waals surface area contributed by atoms with Gasteiger partial charge in [-0.25, -0.2) is 8.42 Å². The van der Waals surface area contributed by atoms with Gasteiger partial charge in [-0.2, -0.15) is 4.31 Å². The maximum atomic E-state index is 13.6. The highest BCUT2D eigenvalue weighted by Gasteiger charge is 2.38. The topological polar surface area (TPSA) is 78.5 Å². The Morgan fingerprint density at radius 1 is 1.06 bits per heavy atom. The summed E-state index contributed by atoms with van der Waals surface area (Å²) < 4.78 is 28.5. The summed E-state index contributed by atoms with van der Waals surface area (Å²) in [5, 5.41) is 6.75. The van der Waals surface area contributed by atoms with Crippen LogP contribution in [0.15, 0.2) is 77.7 Å². The number of fused-ring (bicyclic) bond motifs is 1. The molecule has 0 saturated heterocycles. The Morgan fingerprint density at radius 3 is 2.47 bits per heavy atom. The van der Waals surface area contributed by atoms with Crippen LogP contribution in [0.4, 0.5) is 5.69 Å². The maximum Gasteiger partial charge on any atom is 0.251 e. The zero-order chi connectivity index (χ0) is 22.9. The van der Waals surface area contributed by atoms with Crippen molar-refractivity contribution < 1.29 is 13.2 Å². The lowest BCUT2D eigenvalue weighted by atomic mass is 10.1. The van der Waals surface area contributed by atoms with E-state index < -0.39 is 16.2 Å². The molecule has 6 nitrogen and oxygen atoms in total. The Balaban J connectivity index is 1.73. The Labute approximate surface area is 193 Å². The van der Waals surface area contributed by atoms with Gasteiger partial charge < -0.3 is 10.6 Å². The summed E-state index contributed by atoms with van der Waals surface area (Å²) in [7, 11) is -3.79. The van der Waals surface area contributed by atoms with Crippen LogP contribution in [-0.2, 0) is 16.6 Å². The Kier molecular flexibility index (Phi) is 6.24. The van der Waals surface area contributed by atoms with Crippen LogP contribution in [0.5, 0.6) is 0 Å². The van der Waals surface area contributed by atoms with Crippen LogP contribution in [0.3, 0.4) is 0 Å². The van der Waals surface area contributed by atoms with E-state index in [-0.39, 0.29) is 23.4 Å². The minimum atomic E-state index is -3.79. The number of nitrogens with one attached hydrogen (secondary N) is 2. The second kappa shape index (κ2) is 8.94. The van der Waals surface area contributed by atoms with Crippen LogP contribution in [0.25, 0.3) is 0 Å². The van der Waals surface area contributed by atoms with Crippen LogP contribution in [0.1, 0.15) is 41.5 Å². The van der Waals surface area contributed by atoms with Gasteiger partial charge in [0.05, 0.1) is 5.69 Å². The molecular formula is C24H24ClN3O3S. The van der Waals surface area contributed by atoms with E-state index in [1.807, 2.05) is 19.9 Å². The van der Waals surface area contributed by atoms with Crippen LogP contribution < -0.4 is 10.6 Å². The number of halogens is 1.